The summed E-state index contributed by atoms with van der Waals surface area (Å²) in [7, 11) is 0. The number of hydrogen-bond acceptors (Lipinski definition) is 3. The maximum atomic E-state index is 11.2. The lowest BCUT2D eigenvalue weighted by atomic mass is 9.97. The minimum atomic E-state index is -0.463. The van der Waals surface area contributed by atoms with Crippen LogP contribution in [0, 0.1) is 5.92 Å². The summed E-state index contributed by atoms with van der Waals surface area (Å²) in [5.74, 6) is 0.257. The number of aliphatic hydroxyl groups excluding tert-OH is 1. The molecule has 0 radical (unpaired) electrons. The fourth-order valence-electron chi connectivity index (χ4n) is 1.97. The highest BCUT2D eigenvalue weighted by Crippen LogP contribution is 2.19. The van der Waals surface area contributed by atoms with Crippen molar-refractivity contribution in [1.29, 1.82) is 0 Å². The third kappa shape index (κ3) is 2.96. The van der Waals surface area contributed by atoms with Crippen LogP contribution in [0.5, 0.6) is 0 Å². The smallest absolute Gasteiger partial charge is 0.219 e. The van der Waals surface area contributed by atoms with E-state index in [1.807, 2.05) is 4.90 Å². The molecule has 1 fully saturated rings. The maximum absolute atomic E-state index is 11.2. The average Bonchev–Trinajstić information content (AvgIpc) is 2.41. The fraction of sp³-hybridized carbons (Fsp3) is 0.900. The second-order valence-corrected chi connectivity index (χ2v) is 4.02. The van der Waals surface area contributed by atoms with Crippen molar-refractivity contribution in [2.45, 2.75) is 32.3 Å². The molecule has 0 bridgehead atoms. The zero-order chi connectivity index (χ0) is 10.6. The molecule has 2 atom stereocenters. The molecule has 1 rings (SSSR count). The van der Waals surface area contributed by atoms with Crippen LogP contribution < -0.4 is 5.73 Å². The van der Waals surface area contributed by atoms with Gasteiger partial charge < -0.3 is 15.7 Å². The van der Waals surface area contributed by atoms with Crippen LogP contribution in [0.1, 0.15) is 26.2 Å². The molecule has 4 nitrogen and oxygen atoms in total. The largest absolute Gasteiger partial charge is 0.391 e. The molecule has 1 saturated heterocycles. The number of aliphatic hydroxyl groups is 1. The molecule has 82 valence electrons. The second kappa shape index (κ2) is 5.32. The van der Waals surface area contributed by atoms with Crippen LogP contribution >= 0.6 is 0 Å². The molecule has 14 heavy (non-hydrogen) atoms. The molecule has 0 aromatic rings. The first-order valence-electron chi connectivity index (χ1n) is 5.28. The summed E-state index contributed by atoms with van der Waals surface area (Å²) in [6, 6.07) is 0. The van der Waals surface area contributed by atoms with E-state index in [9.17, 15) is 9.90 Å². The quantitative estimate of drug-likeness (QED) is 0.657. The Bertz CT molecular complexity index is 197. The highest BCUT2D eigenvalue weighted by Gasteiger charge is 2.24. The van der Waals surface area contributed by atoms with Gasteiger partial charge in [0.2, 0.25) is 5.91 Å². The Morgan fingerprint density at radius 1 is 1.64 bits per heavy atom. The van der Waals surface area contributed by atoms with Crippen LogP contribution in [-0.2, 0) is 4.79 Å². The van der Waals surface area contributed by atoms with Crippen molar-refractivity contribution in [2.24, 2.45) is 11.7 Å². The van der Waals surface area contributed by atoms with E-state index in [2.05, 4.69) is 0 Å². The highest BCUT2D eigenvalue weighted by atomic mass is 16.3. The van der Waals surface area contributed by atoms with Gasteiger partial charge in [-0.3, -0.25) is 4.79 Å². The van der Waals surface area contributed by atoms with Gasteiger partial charge in [-0.25, -0.2) is 0 Å². The number of hydrogen-bond donors (Lipinski definition) is 2. The lowest BCUT2D eigenvalue weighted by Gasteiger charge is -2.25. The van der Waals surface area contributed by atoms with E-state index in [-0.39, 0.29) is 18.4 Å². The third-order valence-electron chi connectivity index (χ3n) is 2.94. The summed E-state index contributed by atoms with van der Waals surface area (Å²) < 4.78 is 0. The number of amides is 1. The van der Waals surface area contributed by atoms with Crippen LogP contribution in [-0.4, -0.2) is 41.7 Å². The number of carbonyl (C=O) groups excluding carboxylic acids is 1. The first-order valence-corrected chi connectivity index (χ1v) is 5.28. The summed E-state index contributed by atoms with van der Waals surface area (Å²) in [5.41, 5.74) is 5.42. The maximum Gasteiger partial charge on any atom is 0.219 e. The van der Waals surface area contributed by atoms with Crippen molar-refractivity contribution < 1.29 is 9.90 Å². The van der Waals surface area contributed by atoms with E-state index >= 15 is 0 Å². The lowest BCUT2D eigenvalue weighted by Crippen LogP contribution is -2.39. The van der Waals surface area contributed by atoms with Crippen molar-refractivity contribution in [2.75, 3.05) is 19.6 Å². The summed E-state index contributed by atoms with van der Waals surface area (Å²) in [6.07, 6.45) is 2.62. The van der Waals surface area contributed by atoms with Gasteiger partial charge in [-0.2, -0.15) is 0 Å². The van der Waals surface area contributed by atoms with Gasteiger partial charge in [-0.1, -0.05) is 6.42 Å². The van der Waals surface area contributed by atoms with E-state index in [1.165, 1.54) is 0 Å². The van der Waals surface area contributed by atoms with Crippen molar-refractivity contribution >= 4 is 5.91 Å². The fourth-order valence-corrected chi connectivity index (χ4v) is 1.97. The number of nitrogens with zero attached hydrogens (tertiary/aromatic N) is 1. The van der Waals surface area contributed by atoms with Crippen molar-refractivity contribution in [1.82, 2.24) is 4.90 Å². The topological polar surface area (TPSA) is 66.6 Å². The summed E-state index contributed by atoms with van der Waals surface area (Å²) >= 11 is 0. The second-order valence-electron chi connectivity index (χ2n) is 4.02. The molecule has 0 aliphatic carbocycles. The number of rotatable bonds is 2. The summed E-state index contributed by atoms with van der Waals surface area (Å²) in [6.45, 7) is 3.35. The number of nitrogens with two attached hydrogens (primary N) is 1. The first-order chi connectivity index (χ1) is 6.65. The normalized spacial score (nSPS) is 25.6. The molecule has 0 aromatic heterocycles. The Balaban J connectivity index is 2.55. The molecule has 1 aliphatic heterocycles. The monoisotopic (exact) mass is 200 g/mol. The summed E-state index contributed by atoms with van der Waals surface area (Å²) in [4.78, 5) is 13.0. The van der Waals surface area contributed by atoms with Crippen molar-refractivity contribution in [3.05, 3.63) is 0 Å². The van der Waals surface area contributed by atoms with Crippen molar-refractivity contribution in [3.8, 4) is 0 Å². The van der Waals surface area contributed by atoms with Crippen LogP contribution in [0.25, 0.3) is 0 Å². The molecular weight excluding hydrogens is 180 g/mol. The highest BCUT2D eigenvalue weighted by molar-refractivity contribution is 5.73. The molecular formula is C10H20N2O2. The predicted octanol–water partition coefficient (Wildman–Crippen LogP) is -0.0454. The van der Waals surface area contributed by atoms with E-state index in [1.54, 1.807) is 6.92 Å². The molecule has 4 heteroatoms. The van der Waals surface area contributed by atoms with E-state index in [0.717, 1.165) is 25.8 Å². The molecule has 0 saturated carbocycles. The van der Waals surface area contributed by atoms with Crippen LogP contribution in [0.15, 0.2) is 0 Å². The van der Waals surface area contributed by atoms with Gasteiger partial charge in [-0.05, 0) is 12.8 Å². The van der Waals surface area contributed by atoms with Gasteiger partial charge in [0.15, 0.2) is 0 Å². The van der Waals surface area contributed by atoms with Crippen LogP contribution in [0.3, 0.4) is 0 Å². The minimum absolute atomic E-state index is 0.0983. The Morgan fingerprint density at radius 2 is 2.36 bits per heavy atom. The minimum Gasteiger partial charge on any atom is -0.391 e. The predicted molar refractivity (Wildman–Crippen MR) is 54.7 cm³/mol. The van der Waals surface area contributed by atoms with Crippen LogP contribution in [0.2, 0.25) is 0 Å². The molecule has 0 aromatic carbocycles. The zero-order valence-electron chi connectivity index (χ0n) is 8.78. The van der Waals surface area contributed by atoms with Gasteiger partial charge in [0.1, 0.15) is 0 Å². The number of carbonyl (C=O) groups is 1. The molecule has 1 heterocycles. The zero-order valence-corrected chi connectivity index (χ0v) is 8.78. The Hall–Kier alpha value is -0.610. The molecule has 1 amide bonds. The Morgan fingerprint density at radius 3 is 2.93 bits per heavy atom. The SMILES string of the molecule is CC(=O)N1CCCCC(C(O)CN)C1. The van der Waals surface area contributed by atoms with Gasteiger partial charge >= 0.3 is 0 Å². The van der Waals surface area contributed by atoms with Crippen molar-refractivity contribution in [3.63, 3.8) is 0 Å². The van der Waals surface area contributed by atoms with Gasteiger partial charge in [0.25, 0.3) is 0 Å². The van der Waals surface area contributed by atoms with Crippen LogP contribution in [0.4, 0.5) is 0 Å². The number of likely N-dealkylation sites (tertiary alicyclic amines) is 1. The van der Waals surface area contributed by atoms with E-state index in [4.69, 9.17) is 5.73 Å². The van der Waals surface area contributed by atoms with Gasteiger partial charge in [0.05, 0.1) is 6.10 Å². The Labute approximate surface area is 85.1 Å². The standard InChI is InChI=1S/C10H20N2O2/c1-8(13)12-5-3-2-4-9(7-12)10(14)6-11/h9-10,14H,2-7,11H2,1H3. The summed E-state index contributed by atoms with van der Waals surface area (Å²) in [5, 5.41) is 9.64. The van der Waals surface area contributed by atoms with E-state index < -0.39 is 6.10 Å². The molecule has 2 unspecified atom stereocenters. The molecule has 0 spiro atoms. The Kier molecular flexibility index (Phi) is 4.35. The first kappa shape index (κ1) is 11.5. The molecule has 1 aliphatic rings. The third-order valence-corrected chi connectivity index (χ3v) is 2.94. The van der Waals surface area contributed by atoms with Gasteiger partial charge in [-0.15, -0.1) is 0 Å². The molecule has 3 N–H and O–H groups in total. The van der Waals surface area contributed by atoms with Gasteiger partial charge in [0, 0.05) is 32.5 Å². The van der Waals surface area contributed by atoms with E-state index in [0.29, 0.717) is 6.54 Å². The lowest BCUT2D eigenvalue weighted by molar-refractivity contribution is -0.129. The average molecular weight is 200 g/mol.